The molecule has 0 saturated carbocycles. The monoisotopic (exact) mass is 322 g/mol. The van der Waals surface area contributed by atoms with Crippen LogP contribution in [0.4, 0.5) is 0 Å². The number of likely N-dealkylation sites (N-methyl/N-ethyl adjacent to an activating group) is 1. The molecule has 0 aliphatic carbocycles. The molecule has 0 bridgehead atoms. The minimum Gasteiger partial charge on any atom is -0.507 e. The zero-order valence-electron chi connectivity index (χ0n) is 15.7. The Labute approximate surface area is 140 Å². The quantitative estimate of drug-likeness (QED) is 0.646. The molecular weight excluding hydrogens is 290 g/mol. The molecule has 1 aromatic rings. The Morgan fingerprint density at radius 1 is 1.22 bits per heavy atom. The largest absolute Gasteiger partial charge is 0.507 e. The van der Waals surface area contributed by atoms with E-state index in [1.54, 1.807) is 0 Å². The Kier molecular flexibility index (Phi) is 6.23. The third-order valence-electron chi connectivity index (χ3n) is 3.81. The van der Waals surface area contributed by atoms with Gasteiger partial charge in [-0.25, -0.2) is 0 Å². The fraction of sp³-hybridized carbons (Fsp3) is 0.632. The molecular formula is C19H32NO3+. The Balaban J connectivity index is 2.65. The van der Waals surface area contributed by atoms with Crippen molar-refractivity contribution in [3.63, 3.8) is 0 Å². The molecule has 1 N–H and O–H groups in total. The van der Waals surface area contributed by atoms with Crippen LogP contribution in [0.3, 0.4) is 0 Å². The summed E-state index contributed by atoms with van der Waals surface area (Å²) in [5.74, 6) is 0.188. The van der Waals surface area contributed by atoms with E-state index in [0.717, 1.165) is 27.7 Å². The topological polar surface area (TPSA) is 46.5 Å². The summed E-state index contributed by atoms with van der Waals surface area (Å²) in [5.41, 5.74) is 2.71. The molecule has 1 rings (SSSR count). The van der Waals surface area contributed by atoms with Crippen molar-refractivity contribution in [3.8, 4) is 5.75 Å². The van der Waals surface area contributed by atoms with Gasteiger partial charge in [0.15, 0.2) is 0 Å². The first-order valence-electron chi connectivity index (χ1n) is 8.19. The maximum Gasteiger partial charge on any atom is 0.306 e. The van der Waals surface area contributed by atoms with Gasteiger partial charge in [0, 0.05) is 6.42 Å². The minimum absolute atomic E-state index is 0.129. The highest BCUT2D eigenvalue weighted by atomic mass is 16.5. The van der Waals surface area contributed by atoms with E-state index in [1.807, 2.05) is 19.1 Å². The number of hydrogen-bond donors (Lipinski definition) is 1. The maximum atomic E-state index is 11.9. The van der Waals surface area contributed by atoms with Crippen molar-refractivity contribution >= 4 is 5.97 Å². The number of benzene rings is 1. The maximum absolute atomic E-state index is 11.9. The van der Waals surface area contributed by atoms with Gasteiger partial charge in [0.05, 0.1) is 21.1 Å². The van der Waals surface area contributed by atoms with E-state index in [0.29, 0.717) is 25.2 Å². The standard InChI is InChI=1S/C19H31NO3/c1-14-12-15(13-16(18(14)22)19(2,3)4)8-9-17(21)23-11-10-20(5,6)7/h12-13H,8-11H2,1-7H3/p+1. The van der Waals surface area contributed by atoms with Gasteiger partial charge in [0.25, 0.3) is 0 Å². The molecule has 0 aliphatic heterocycles. The smallest absolute Gasteiger partial charge is 0.306 e. The minimum atomic E-state index is -0.165. The highest BCUT2D eigenvalue weighted by Crippen LogP contribution is 2.34. The van der Waals surface area contributed by atoms with Crippen LogP contribution in [-0.4, -0.2) is 49.9 Å². The summed E-state index contributed by atoms with van der Waals surface area (Å²) < 4.78 is 6.06. The van der Waals surface area contributed by atoms with E-state index in [4.69, 9.17) is 4.74 Å². The van der Waals surface area contributed by atoms with E-state index in [-0.39, 0.29) is 11.4 Å². The van der Waals surface area contributed by atoms with E-state index in [2.05, 4.69) is 41.9 Å². The van der Waals surface area contributed by atoms with Gasteiger partial charge in [-0.2, -0.15) is 0 Å². The Bertz CT molecular complexity index is 551. The molecule has 4 nitrogen and oxygen atoms in total. The summed E-state index contributed by atoms with van der Waals surface area (Å²) in [5, 5.41) is 10.2. The Morgan fingerprint density at radius 3 is 2.35 bits per heavy atom. The highest BCUT2D eigenvalue weighted by Gasteiger charge is 2.20. The molecule has 0 radical (unpaired) electrons. The normalized spacial score (nSPS) is 12.3. The lowest BCUT2D eigenvalue weighted by molar-refractivity contribution is -0.870. The summed E-state index contributed by atoms with van der Waals surface area (Å²) in [6.45, 7) is 9.37. The predicted molar refractivity (Wildman–Crippen MR) is 93.7 cm³/mol. The Morgan fingerprint density at radius 2 is 1.83 bits per heavy atom. The number of phenolic OH excluding ortho intramolecular Hbond substituents is 1. The van der Waals surface area contributed by atoms with E-state index in [1.165, 1.54) is 0 Å². The molecule has 0 aliphatic rings. The van der Waals surface area contributed by atoms with Crippen LogP contribution in [0.2, 0.25) is 0 Å². The van der Waals surface area contributed by atoms with Gasteiger partial charge >= 0.3 is 5.97 Å². The van der Waals surface area contributed by atoms with Gasteiger partial charge in [-0.05, 0) is 35.4 Å². The third kappa shape index (κ3) is 6.61. The van der Waals surface area contributed by atoms with Crippen LogP contribution in [0.1, 0.15) is 43.9 Å². The zero-order valence-corrected chi connectivity index (χ0v) is 15.7. The average Bonchev–Trinajstić information content (AvgIpc) is 2.37. The number of carbonyl (C=O) groups is 1. The van der Waals surface area contributed by atoms with Gasteiger partial charge < -0.3 is 14.3 Å². The van der Waals surface area contributed by atoms with Crippen LogP contribution >= 0.6 is 0 Å². The van der Waals surface area contributed by atoms with Crippen molar-refractivity contribution in [1.29, 1.82) is 0 Å². The van der Waals surface area contributed by atoms with E-state index < -0.39 is 0 Å². The fourth-order valence-electron chi connectivity index (χ4n) is 2.32. The second kappa shape index (κ2) is 7.35. The van der Waals surface area contributed by atoms with Crippen molar-refractivity contribution in [2.24, 2.45) is 0 Å². The second-order valence-corrected chi connectivity index (χ2v) is 8.29. The van der Waals surface area contributed by atoms with Crippen LogP contribution in [0.15, 0.2) is 12.1 Å². The number of nitrogens with zero attached hydrogens (tertiary/aromatic N) is 1. The summed E-state index contributed by atoms with van der Waals surface area (Å²) in [4.78, 5) is 11.9. The van der Waals surface area contributed by atoms with Crippen LogP contribution < -0.4 is 0 Å². The van der Waals surface area contributed by atoms with Crippen molar-refractivity contribution in [2.75, 3.05) is 34.3 Å². The predicted octanol–water partition coefficient (Wildman–Crippen LogP) is 3.18. The summed E-state index contributed by atoms with van der Waals surface area (Å²) >= 11 is 0. The molecule has 0 aromatic heterocycles. The molecule has 0 spiro atoms. The van der Waals surface area contributed by atoms with Crippen LogP contribution in [0, 0.1) is 6.92 Å². The van der Waals surface area contributed by atoms with E-state index >= 15 is 0 Å². The van der Waals surface area contributed by atoms with Gasteiger partial charge in [0.1, 0.15) is 18.9 Å². The lowest BCUT2D eigenvalue weighted by Crippen LogP contribution is -2.38. The number of aryl methyl sites for hydroxylation is 2. The number of carbonyl (C=O) groups excluding carboxylic acids is 1. The van der Waals surface area contributed by atoms with Crippen LogP contribution in [0.25, 0.3) is 0 Å². The fourth-order valence-corrected chi connectivity index (χ4v) is 2.32. The number of aromatic hydroxyl groups is 1. The van der Waals surface area contributed by atoms with Gasteiger partial charge in [-0.15, -0.1) is 0 Å². The lowest BCUT2D eigenvalue weighted by atomic mass is 9.83. The molecule has 0 heterocycles. The first kappa shape index (κ1) is 19.5. The first-order chi connectivity index (χ1) is 10.4. The molecule has 1 aromatic carbocycles. The Hall–Kier alpha value is -1.55. The highest BCUT2D eigenvalue weighted by molar-refractivity contribution is 5.69. The van der Waals surface area contributed by atoms with E-state index in [9.17, 15) is 9.90 Å². The molecule has 0 saturated heterocycles. The molecule has 0 atom stereocenters. The number of phenols is 1. The molecule has 4 heteroatoms. The first-order valence-corrected chi connectivity index (χ1v) is 8.19. The van der Waals surface area contributed by atoms with Gasteiger partial charge in [-0.1, -0.05) is 32.9 Å². The number of quaternary nitrogens is 1. The summed E-state index contributed by atoms with van der Waals surface area (Å²) in [7, 11) is 6.21. The van der Waals surface area contributed by atoms with Crippen molar-refractivity contribution in [3.05, 3.63) is 28.8 Å². The number of rotatable bonds is 6. The third-order valence-corrected chi connectivity index (χ3v) is 3.81. The van der Waals surface area contributed by atoms with Crippen LogP contribution in [0.5, 0.6) is 5.75 Å². The van der Waals surface area contributed by atoms with Crippen LogP contribution in [-0.2, 0) is 21.4 Å². The zero-order chi connectivity index (χ0) is 17.8. The van der Waals surface area contributed by atoms with Crippen molar-refractivity contribution in [1.82, 2.24) is 0 Å². The summed E-state index contributed by atoms with van der Waals surface area (Å²) in [6.07, 6.45) is 0.998. The average molecular weight is 322 g/mol. The second-order valence-electron chi connectivity index (χ2n) is 8.29. The summed E-state index contributed by atoms with van der Waals surface area (Å²) in [6, 6.07) is 3.95. The molecule has 0 fully saturated rings. The number of hydrogen-bond acceptors (Lipinski definition) is 3. The molecule has 23 heavy (non-hydrogen) atoms. The van der Waals surface area contributed by atoms with Crippen molar-refractivity contribution in [2.45, 2.75) is 46.0 Å². The molecule has 130 valence electrons. The molecule has 0 unspecified atom stereocenters. The lowest BCUT2D eigenvalue weighted by Gasteiger charge is -2.23. The molecule has 0 amide bonds. The van der Waals surface area contributed by atoms with Gasteiger partial charge in [0.2, 0.25) is 0 Å². The number of ether oxygens (including phenoxy) is 1. The SMILES string of the molecule is Cc1cc(CCC(=O)OCC[N+](C)(C)C)cc(C(C)(C)C)c1O. The van der Waals surface area contributed by atoms with Crippen molar-refractivity contribution < 1.29 is 19.1 Å². The van der Waals surface area contributed by atoms with Gasteiger partial charge in [-0.3, -0.25) is 4.79 Å². The number of esters is 1.